The summed E-state index contributed by atoms with van der Waals surface area (Å²) >= 11 is 6.02. The van der Waals surface area contributed by atoms with Gasteiger partial charge in [-0.05, 0) is 43.9 Å². The number of aliphatic carboxylic acids is 1. The van der Waals surface area contributed by atoms with Crippen molar-refractivity contribution in [1.82, 2.24) is 15.2 Å². The summed E-state index contributed by atoms with van der Waals surface area (Å²) in [6.07, 6.45) is 0.224. The summed E-state index contributed by atoms with van der Waals surface area (Å²) in [5, 5.41) is 24.1. The molecule has 5 N–H and O–H groups in total. The largest absolute Gasteiger partial charge is 0.511 e. The van der Waals surface area contributed by atoms with Crippen LogP contribution in [0.2, 0.25) is 5.02 Å². The molecule has 3 amide bonds. The number of nitrogens with one attached hydrogen (secondary N) is 1. The molecule has 44 heavy (non-hydrogen) atoms. The van der Waals surface area contributed by atoms with Crippen LogP contribution in [0.5, 0.6) is 0 Å². The molecule has 1 aromatic carbocycles. The van der Waals surface area contributed by atoms with Crippen molar-refractivity contribution in [2.45, 2.75) is 65.2 Å². The minimum absolute atomic E-state index is 0.227. The number of hydrazine groups is 1. The van der Waals surface area contributed by atoms with E-state index >= 15 is 0 Å². The van der Waals surface area contributed by atoms with Crippen molar-refractivity contribution in [3.8, 4) is 0 Å². The van der Waals surface area contributed by atoms with Gasteiger partial charge in [-0.2, -0.15) is 0 Å². The van der Waals surface area contributed by atoms with Crippen molar-refractivity contribution in [2.75, 3.05) is 26.4 Å². The summed E-state index contributed by atoms with van der Waals surface area (Å²) in [6.45, 7) is 9.53. The Kier molecular flexibility index (Phi) is 12.2. The number of ether oxygens (including phenoxy) is 3. The molecule has 1 aromatic rings. The van der Waals surface area contributed by atoms with Crippen molar-refractivity contribution >= 4 is 41.6 Å². The number of esters is 1. The zero-order chi connectivity index (χ0) is 33.5. The number of nitrogens with two attached hydrogens (primary N) is 1. The molecule has 0 aliphatic carbocycles. The first-order chi connectivity index (χ1) is 20.3. The molecule has 1 fully saturated rings. The minimum Gasteiger partial charge on any atom is -0.478 e. The van der Waals surface area contributed by atoms with E-state index in [0.29, 0.717) is 22.7 Å². The number of carbonyl (C=O) groups is 5. The fourth-order valence-electron chi connectivity index (χ4n) is 4.79. The van der Waals surface area contributed by atoms with E-state index in [1.54, 1.807) is 43.0 Å². The lowest BCUT2D eigenvalue weighted by atomic mass is 9.66. The van der Waals surface area contributed by atoms with E-state index in [4.69, 9.17) is 27.3 Å². The number of rotatable bonds is 11. The third-order valence-electron chi connectivity index (χ3n) is 7.21. The first-order valence-corrected chi connectivity index (χ1v) is 14.2. The fraction of sp³-hybridized carbons (Fsp3) is 0.552. The quantitative estimate of drug-likeness (QED) is 0.0692. The molecule has 0 bridgehead atoms. The van der Waals surface area contributed by atoms with Crippen LogP contribution in [-0.2, 0) is 34.2 Å². The Hall–Kier alpha value is -3.88. The van der Waals surface area contributed by atoms with Gasteiger partial charge in [-0.1, -0.05) is 51.4 Å². The van der Waals surface area contributed by atoms with Crippen LogP contribution in [0.15, 0.2) is 36.4 Å². The maximum Gasteiger partial charge on any atom is 0.511 e. The lowest BCUT2D eigenvalue weighted by Crippen LogP contribution is -2.62. The molecule has 1 heterocycles. The van der Waals surface area contributed by atoms with Gasteiger partial charge in [0.25, 0.3) is 0 Å². The van der Waals surface area contributed by atoms with Gasteiger partial charge in [0, 0.05) is 35.7 Å². The number of aliphatic hydroxyl groups is 1. The molecule has 0 saturated carbocycles. The third kappa shape index (κ3) is 9.82. The summed E-state index contributed by atoms with van der Waals surface area (Å²) in [7, 11) is 0. The fourth-order valence-corrected chi connectivity index (χ4v) is 4.92. The minimum atomic E-state index is -1.36. The molecule has 244 valence electrons. The first kappa shape index (κ1) is 36.3. The van der Waals surface area contributed by atoms with E-state index in [1.807, 2.05) is 13.8 Å². The number of amides is 3. The molecule has 1 saturated heterocycles. The average molecular weight is 641 g/mol. The van der Waals surface area contributed by atoms with Crippen LogP contribution in [0, 0.1) is 11.3 Å². The van der Waals surface area contributed by atoms with Gasteiger partial charge in [-0.3, -0.25) is 9.80 Å². The number of benzene rings is 1. The zero-order valence-corrected chi connectivity index (χ0v) is 26.4. The molecule has 0 radical (unpaired) electrons. The highest BCUT2D eigenvalue weighted by molar-refractivity contribution is 6.30. The van der Waals surface area contributed by atoms with Crippen LogP contribution in [0.3, 0.4) is 0 Å². The SMILES string of the molecule is CC(C)[C@@H](NC(=O)N(N)CC(C)(C)OC(=O)OCOC(=O)/C=C/C(=O)O)C(=O)N1CC[C@](O)(c2ccc(Cl)cc2)C(C)(C)C1. The molecule has 1 aliphatic rings. The molecule has 2 rings (SSSR count). The molecule has 2 atom stereocenters. The standard InChI is InChI=1S/C29H41ClN4O10/c1-18(2)23(24(38)33-14-13-29(41,27(3,4)15-33)19-7-9-20(30)10-8-19)32-25(39)34(31)16-28(5,6)44-26(40)43-17-42-22(37)12-11-21(35)36/h7-12,18,23,41H,13-17,31H2,1-6H3,(H,32,39)(H,35,36)/b12-11+/t23-,29+/m1/s1. The second-order valence-corrected chi connectivity index (χ2v) is 12.5. The lowest BCUT2D eigenvalue weighted by Gasteiger charge is -2.51. The third-order valence-corrected chi connectivity index (χ3v) is 7.46. The maximum atomic E-state index is 13.6. The number of carboxylic acids is 1. The second-order valence-electron chi connectivity index (χ2n) is 12.1. The van der Waals surface area contributed by atoms with Crippen molar-refractivity contribution in [2.24, 2.45) is 17.2 Å². The Morgan fingerprint density at radius 2 is 1.75 bits per heavy atom. The molecule has 14 nitrogen and oxygen atoms in total. The van der Waals surface area contributed by atoms with Gasteiger partial charge in [0.05, 0.1) is 12.1 Å². The maximum absolute atomic E-state index is 13.6. The second kappa shape index (κ2) is 14.7. The Balaban J connectivity index is 1.97. The average Bonchev–Trinajstić information content (AvgIpc) is 2.91. The van der Waals surface area contributed by atoms with Crippen molar-refractivity contribution in [3.63, 3.8) is 0 Å². The number of carboxylic acid groups (broad SMARTS) is 1. The van der Waals surface area contributed by atoms with Crippen LogP contribution in [0.25, 0.3) is 0 Å². The van der Waals surface area contributed by atoms with E-state index < -0.39 is 53.6 Å². The van der Waals surface area contributed by atoms with E-state index in [0.717, 1.165) is 5.01 Å². The van der Waals surface area contributed by atoms with Gasteiger partial charge in [0.1, 0.15) is 11.6 Å². The van der Waals surface area contributed by atoms with Crippen LogP contribution in [-0.4, -0.2) is 88.2 Å². The molecule has 0 unspecified atom stereocenters. The van der Waals surface area contributed by atoms with Crippen molar-refractivity contribution < 1.29 is 48.4 Å². The number of hydrogen-bond donors (Lipinski definition) is 4. The first-order valence-electron chi connectivity index (χ1n) is 13.8. The number of carbonyl (C=O) groups excluding carboxylic acids is 4. The number of piperidine rings is 1. The lowest BCUT2D eigenvalue weighted by molar-refractivity contribution is -0.155. The number of urea groups is 1. The molecule has 0 spiro atoms. The number of hydrogen-bond acceptors (Lipinski definition) is 10. The van der Waals surface area contributed by atoms with Gasteiger partial charge < -0.3 is 34.6 Å². The van der Waals surface area contributed by atoms with E-state index in [-0.39, 0.29) is 37.9 Å². The summed E-state index contributed by atoms with van der Waals surface area (Å²) in [5.41, 5.74) is -2.60. The molecule has 1 aliphatic heterocycles. The highest BCUT2D eigenvalue weighted by Crippen LogP contribution is 2.46. The van der Waals surface area contributed by atoms with Crippen LogP contribution >= 0.6 is 11.6 Å². The number of nitrogens with zero attached hydrogens (tertiary/aromatic N) is 2. The Morgan fingerprint density at radius 3 is 2.30 bits per heavy atom. The van der Waals surface area contributed by atoms with Crippen molar-refractivity contribution in [1.29, 1.82) is 0 Å². The van der Waals surface area contributed by atoms with E-state index in [2.05, 4.69) is 14.8 Å². The topological polar surface area (TPSA) is 198 Å². The van der Waals surface area contributed by atoms with Gasteiger partial charge in [-0.15, -0.1) is 0 Å². The smallest absolute Gasteiger partial charge is 0.478 e. The highest BCUT2D eigenvalue weighted by atomic mass is 35.5. The van der Waals surface area contributed by atoms with Crippen LogP contribution in [0.4, 0.5) is 9.59 Å². The normalized spacial score (nSPS) is 18.8. The van der Waals surface area contributed by atoms with E-state index in [1.165, 1.54) is 13.8 Å². The number of likely N-dealkylation sites (tertiary alicyclic amines) is 1. The predicted molar refractivity (Wildman–Crippen MR) is 158 cm³/mol. The molecule has 0 aromatic heterocycles. The van der Waals surface area contributed by atoms with Gasteiger partial charge in [-0.25, -0.2) is 25.0 Å². The predicted octanol–water partition coefficient (Wildman–Crippen LogP) is 2.77. The van der Waals surface area contributed by atoms with Crippen LogP contribution < -0.4 is 11.2 Å². The Morgan fingerprint density at radius 1 is 1.14 bits per heavy atom. The van der Waals surface area contributed by atoms with Crippen LogP contribution in [0.1, 0.15) is 53.5 Å². The Labute approximate surface area is 261 Å². The summed E-state index contributed by atoms with van der Waals surface area (Å²) in [4.78, 5) is 62.0. The van der Waals surface area contributed by atoms with Gasteiger partial charge in [0.15, 0.2) is 0 Å². The van der Waals surface area contributed by atoms with Crippen molar-refractivity contribution in [3.05, 3.63) is 47.0 Å². The zero-order valence-electron chi connectivity index (χ0n) is 25.7. The van der Waals surface area contributed by atoms with Gasteiger partial charge in [0.2, 0.25) is 12.7 Å². The molecule has 15 heteroatoms. The molecular formula is C29H41ClN4O10. The highest BCUT2D eigenvalue weighted by Gasteiger charge is 2.50. The van der Waals surface area contributed by atoms with Gasteiger partial charge >= 0.3 is 24.1 Å². The Bertz CT molecular complexity index is 1250. The summed E-state index contributed by atoms with van der Waals surface area (Å²) < 4.78 is 14.3. The molecular weight excluding hydrogens is 600 g/mol. The summed E-state index contributed by atoms with van der Waals surface area (Å²) in [5.74, 6) is 2.90. The van der Waals surface area contributed by atoms with E-state index in [9.17, 15) is 29.1 Å². The monoisotopic (exact) mass is 640 g/mol. The summed E-state index contributed by atoms with van der Waals surface area (Å²) in [6, 6.07) is 5.24. The number of halogens is 1.